The van der Waals surface area contributed by atoms with Crippen LogP contribution in [-0.2, 0) is 6.54 Å². The summed E-state index contributed by atoms with van der Waals surface area (Å²) >= 11 is 0. The van der Waals surface area contributed by atoms with Crippen LogP contribution in [0.25, 0.3) is 5.82 Å². The Morgan fingerprint density at radius 3 is 2.79 bits per heavy atom. The fraction of sp³-hybridized carbons (Fsp3) is 0.550. The molecule has 0 radical (unpaired) electrons. The Kier molecular flexibility index (Phi) is 8.68. The zero-order valence-corrected chi connectivity index (χ0v) is 19.5. The molecule has 28 heavy (non-hydrogen) atoms. The molecule has 154 valence electrons. The van der Waals surface area contributed by atoms with Crippen LogP contribution in [0.5, 0.6) is 0 Å². The van der Waals surface area contributed by atoms with E-state index in [1.165, 1.54) is 0 Å². The van der Waals surface area contributed by atoms with Crippen LogP contribution >= 0.6 is 24.0 Å². The van der Waals surface area contributed by atoms with Gasteiger partial charge in [0.05, 0.1) is 6.54 Å². The van der Waals surface area contributed by atoms with Crippen LogP contribution in [0, 0.1) is 5.92 Å². The predicted octanol–water partition coefficient (Wildman–Crippen LogP) is 2.67. The van der Waals surface area contributed by atoms with E-state index in [0.29, 0.717) is 24.5 Å². The van der Waals surface area contributed by atoms with Gasteiger partial charge in [-0.3, -0.25) is 4.90 Å². The summed E-state index contributed by atoms with van der Waals surface area (Å²) in [4.78, 5) is 11.7. The standard InChI is InChI=1S/C20H31N7.HI/c1-5-21-20(25-18-14-26(15(2)3)13-16(18)4)23-12-17-7-9-22-19(11-17)27-10-6-8-24-27;/h6-11,15-16,18H,5,12-14H2,1-4H3,(H2,21,23,25);1H. The van der Waals surface area contributed by atoms with Crippen molar-refractivity contribution in [2.24, 2.45) is 10.9 Å². The van der Waals surface area contributed by atoms with Crippen molar-refractivity contribution in [2.45, 2.75) is 46.3 Å². The van der Waals surface area contributed by atoms with Gasteiger partial charge in [0.25, 0.3) is 0 Å². The highest BCUT2D eigenvalue weighted by atomic mass is 127. The summed E-state index contributed by atoms with van der Waals surface area (Å²) in [6.07, 6.45) is 5.45. The maximum Gasteiger partial charge on any atom is 0.191 e. The highest BCUT2D eigenvalue weighted by molar-refractivity contribution is 14.0. The molecule has 0 bridgehead atoms. The maximum atomic E-state index is 4.79. The Balaban J connectivity index is 0.00000280. The van der Waals surface area contributed by atoms with Crippen molar-refractivity contribution < 1.29 is 0 Å². The monoisotopic (exact) mass is 497 g/mol. The fourth-order valence-corrected chi connectivity index (χ4v) is 3.37. The van der Waals surface area contributed by atoms with Gasteiger partial charge in [0.2, 0.25) is 0 Å². The number of nitrogens with zero attached hydrogens (tertiary/aromatic N) is 5. The first-order chi connectivity index (χ1) is 13.1. The molecule has 2 unspecified atom stereocenters. The van der Waals surface area contributed by atoms with Crippen molar-refractivity contribution in [1.29, 1.82) is 0 Å². The minimum Gasteiger partial charge on any atom is -0.357 e. The van der Waals surface area contributed by atoms with E-state index >= 15 is 0 Å². The Morgan fingerprint density at radius 1 is 1.32 bits per heavy atom. The molecule has 1 fully saturated rings. The molecule has 2 N–H and O–H groups in total. The van der Waals surface area contributed by atoms with E-state index in [9.17, 15) is 0 Å². The first kappa shape index (κ1) is 22.6. The van der Waals surface area contributed by atoms with Gasteiger partial charge in [0, 0.05) is 50.3 Å². The lowest BCUT2D eigenvalue weighted by Crippen LogP contribution is -2.46. The average molecular weight is 497 g/mol. The quantitative estimate of drug-likeness (QED) is 0.365. The molecule has 1 aliphatic rings. The van der Waals surface area contributed by atoms with Crippen LogP contribution in [0.4, 0.5) is 0 Å². The number of guanidine groups is 1. The van der Waals surface area contributed by atoms with Crippen LogP contribution in [0.3, 0.4) is 0 Å². The Morgan fingerprint density at radius 2 is 2.14 bits per heavy atom. The average Bonchev–Trinajstić information content (AvgIpc) is 3.31. The molecule has 2 atom stereocenters. The highest BCUT2D eigenvalue weighted by Gasteiger charge is 2.31. The normalized spacial score (nSPS) is 20.2. The number of aromatic nitrogens is 3. The summed E-state index contributed by atoms with van der Waals surface area (Å²) in [5.41, 5.74) is 1.11. The number of nitrogens with one attached hydrogen (secondary N) is 2. The minimum absolute atomic E-state index is 0. The van der Waals surface area contributed by atoms with Gasteiger partial charge in [0.15, 0.2) is 11.8 Å². The van der Waals surface area contributed by atoms with Crippen molar-refractivity contribution in [3.05, 3.63) is 42.4 Å². The Labute approximate surface area is 185 Å². The van der Waals surface area contributed by atoms with Crippen LogP contribution in [0.2, 0.25) is 0 Å². The molecule has 0 spiro atoms. The van der Waals surface area contributed by atoms with E-state index in [-0.39, 0.29) is 24.0 Å². The van der Waals surface area contributed by atoms with E-state index in [0.717, 1.165) is 37.0 Å². The Hall–Kier alpha value is -1.68. The number of halogens is 1. The summed E-state index contributed by atoms with van der Waals surface area (Å²) in [6, 6.07) is 6.92. The molecule has 3 rings (SSSR count). The second kappa shape index (κ2) is 10.8. The second-order valence-corrected chi connectivity index (χ2v) is 7.44. The summed E-state index contributed by atoms with van der Waals surface area (Å²) in [7, 11) is 0. The van der Waals surface area contributed by atoms with Gasteiger partial charge in [0.1, 0.15) is 0 Å². The van der Waals surface area contributed by atoms with Crippen LogP contribution in [-0.4, -0.2) is 57.3 Å². The van der Waals surface area contributed by atoms with Crippen LogP contribution in [0.15, 0.2) is 41.8 Å². The first-order valence-corrected chi connectivity index (χ1v) is 9.80. The van der Waals surface area contributed by atoms with Gasteiger partial charge < -0.3 is 10.6 Å². The molecule has 7 nitrogen and oxygen atoms in total. The number of pyridine rings is 1. The van der Waals surface area contributed by atoms with Crippen LogP contribution < -0.4 is 10.6 Å². The summed E-state index contributed by atoms with van der Waals surface area (Å²) in [6.45, 7) is 12.6. The molecule has 0 saturated carbocycles. The molecule has 3 heterocycles. The third-order valence-electron chi connectivity index (χ3n) is 5.01. The van der Waals surface area contributed by atoms with Crippen molar-refractivity contribution in [3.8, 4) is 5.82 Å². The lowest BCUT2D eigenvalue weighted by molar-refractivity contribution is 0.265. The van der Waals surface area contributed by atoms with E-state index in [2.05, 4.69) is 53.3 Å². The third-order valence-corrected chi connectivity index (χ3v) is 5.01. The highest BCUT2D eigenvalue weighted by Crippen LogP contribution is 2.18. The molecule has 1 aliphatic heterocycles. The molecule has 8 heteroatoms. The van der Waals surface area contributed by atoms with Gasteiger partial charge in [-0.1, -0.05) is 6.92 Å². The zero-order valence-electron chi connectivity index (χ0n) is 17.2. The lowest BCUT2D eigenvalue weighted by Gasteiger charge is -2.22. The van der Waals surface area contributed by atoms with Crippen molar-refractivity contribution in [3.63, 3.8) is 0 Å². The van der Waals surface area contributed by atoms with Gasteiger partial charge >= 0.3 is 0 Å². The molecule has 2 aromatic rings. The van der Waals surface area contributed by atoms with Crippen molar-refractivity contribution in [2.75, 3.05) is 19.6 Å². The Bertz CT molecular complexity index is 745. The second-order valence-electron chi connectivity index (χ2n) is 7.44. The topological polar surface area (TPSA) is 70.4 Å². The number of hydrogen-bond acceptors (Lipinski definition) is 4. The molecule has 0 aromatic carbocycles. The van der Waals surface area contributed by atoms with Crippen molar-refractivity contribution >= 4 is 29.9 Å². The van der Waals surface area contributed by atoms with E-state index < -0.39 is 0 Å². The van der Waals surface area contributed by atoms with Gasteiger partial charge in [-0.2, -0.15) is 5.10 Å². The number of hydrogen-bond donors (Lipinski definition) is 2. The van der Waals surface area contributed by atoms with E-state index in [4.69, 9.17) is 4.99 Å². The van der Waals surface area contributed by atoms with E-state index in [1.807, 2.05) is 30.6 Å². The third kappa shape index (κ3) is 5.91. The molecule has 0 amide bonds. The minimum atomic E-state index is 0. The molecule has 0 aliphatic carbocycles. The van der Waals surface area contributed by atoms with Gasteiger partial charge in [-0.15, -0.1) is 24.0 Å². The summed E-state index contributed by atoms with van der Waals surface area (Å²) in [5, 5.41) is 11.2. The molecular formula is C20H32IN7. The zero-order chi connectivity index (χ0) is 19.2. The molecular weight excluding hydrogens is 465 g/mol. The van der Waals surface area contributed by atoms with Crippen molar-refractivity contribution in [1.82, 2.24) is 30.3 Å². The number of aliphatic imine (C=N–C) groups is 1. The molecule has 1 saturated heterocycles. The number of rotatable bonds is 6. The van der Waals surface area contributed by atoms with Gasteiger partial charge in [-0.05, 0) is 50.5 Å². The fourth-order valence-electron chi connectivity index (χ4n) is 3.37. The first-order valence-electron chi connectivity index (χ1n) is 9.80. The summed E-state index contributed by atoms with van der Waals surface area (Å²) < 4.78 is 1.76. The largest absolute Gasteiger partial charge is 0.357 e. The van der Waals surface area contributed by atoms with E-state index in [1.54, 1.807) is 10.9 Å². The number of likely N-dealkylation sites (tertiary alicyclic amines) is 1. The maximum absolute atomic E-state index is 4.79. The van der Waals surface area contributed by atoms with Gasteiger partial charge in [-0.25, -0.2) is 14.7 Å². The predicted molar refractivity (Wildman–Crippen MR) is 124 cm³/mol. The summed E-state index contributed by atoms with van der Waals surface area (Å²) in [5.74, 6) is 2.28. The molecule has 2 aromatic heterocycles. The van der Waals surface area contributed by atoms with Crippen LogP contribution in [0.1, 0.15) is 33.3 Å². The lowest BCUT2D eigenvalue weighted by atomic mass is 10.1. The smallest absolute Gasteiger partial charge is 0.191 e. The SMILES string of the molecule is CCNC(=NCc1ccnc(-n2cccn2)c1)NC1CN(C(C)C)CC1C.I.